The number of rotatable bonds is 4. The van der Waals surface area contributed by atoms with Gasteiger partial charge >= 0.3 is 11.9 Å². The molecule has 1 aromatic carbocycles. The molecular formula is C39H54O7. The van der Waals surface area contributed by atoms with Gasteiger partial charge in [-0.05, 0) is 116 Å². The summed E-state index contributed by atoms with van der Waals surface area (Å²) in [5.74, 6) is -1.07. The summed E-state index contributed by atoms with van der Waals surface area (Å²) in [6, 6.07) is 6.57. The number of phenolic OH excluding ortho intramolecular Hbond substituents is 1. The lowest BCUT2D eigenvalue weighted by Crippen LogP contribution is -2.69. The van der Waals surface area contributed by atoms with Gasteiger partial charge < -0.3 is 25.2 Å². The minimum atomic E-state index is -1.11. The van der Waals surface area contributed by atoms with E-state index in [1.807, 2.05) is 6.92 Å². The van der Waals surface area contributed by atoms with Crippen LogP contribution in [0.3, 0.4) is 0 Å². The number of aliphatic hydroxyl groups is 2. The maximum absolute atomic E-state index is 13.0. The lowest BCUT2D eigenvalue weighted by molar-refractivity contribution is -0.242. The maximum Gasteiger partial charge on any atom is 0.331 e. The Balaban J connectivity index is 1.31. The van der Waals surface area contributed by atoms with Gasteiger partial charge in [0.1, 0.15) is 11.9 Å². The zero-order valence-corrected chi connectivity index (χ0v) is 28.7. The van der Waals surface area contributed by atoms with Crippen molar-refractivity contribution in [2.75, 3.05) is 0 Å². The van der Waals surface area contributed by atoms with Crippen molar-refractivity contribution in [3.8, 4) is 5.75 Å². The van der Waals surface area contributed by atoms with E-state index in [2.05, 4.69) is 47.6 Å². The van der Waals surface area contributed by atoms with Crippen LogP contribution in [-0.4, -0.2) is 50.2 Å². The van der Waals surface area contributed by atoms with Gasteiger partial charge in [-0.25, -0.2) is 4.79 Å². The number of aliphatic carboxylic acids is 1. The number of phenols is 1. The number of carboxylic acid groups (broad SMARTS) is 1. The second-order valence-corrected chi connectivity index (χ2v) is 17.2. The first-order valence-electron chi connectivity index (χ1n) is 17.4. The molecule has 0 radical (unpaired) electrons. The van der Waals surface area contributed by atoms with E-state index >= 15 is 0 Å². The highest BCUT2D eigenvalue weighted by Gasteiger charge is 2.72. The summed E-state index contributed by atoms with van der Waals surface area (Å²) in [6.45, 7) is 15.3. The topological polar surface area (TPSA) is 124 Å². The van der Waals surface area contributed by atoms with Crippen LogP contribution in [0.1, 0.15) is 105 Å². The molecule has 7 nitrogen and oxygen atoms in total. The fourth-order valence-corrected chi connectivity index (χ4v) is 12.1. The van der Waals surface area contributed by atoms with Gasteiger partial charge in [0.2, 0.25) is 0 Å². The largest absolute Gasteiger partial charge is 0.508 e. The van der Waals surface area contributed by atoms with Crippen LogP contribution in [0.4, 0.5) is 0 Å². The summed E-state index contributed by atoms with van der Waals surface area (Å²) in [6.07, 6.45) is 9.72. The normalized spacial score (nSPS) is 46.2. The molecule has 0 heterocycles. The average molecular weight is 635 g/mol. The summed E-state index contributed by atoms with van der Waals surface area (Å²) in [5.41, 5.74) is -1.25. The average Bonchev–Trinajstić information content (AvgIpc) is 2.97. The third-order valence-electron chi connectivity index (χ3n) is 14.9. The molecule has 1 unspecified atom stereocenters. The Morgan fingerprint density at radius 1 is 0.935 bits per heavy atom. The van der Waals surface area contributed by atoms with Crippen LogP contribution in [0.5, 0.6) is 5.75 Å². The summed E-state index contributed by atoms with van der Waals surface area (Å²) in [7, 11) is 0. The fraction of sp³-hybridized carbons (Fsp3) is 0.692. The third kappa shape index (κ3) is 4.50. The van der Waals surface area contributed by atoms with Crippen molar-refractivity contribution >= 4 is 18.0 Å². The van der Waals surface area contributed by atoms with E-state index in [4.69, 9.17) is 4.74 Å². The first-order valence-corrected chi connectivity index (χ1v) is 17.4. The Bertz CT molecular complexity index is 1460. The molecule has 46 heavy (non-hydrogen) atoms. The quantitative estimate of drug-likeness (QED) is 0.158. The molecule has 0 spiro atoms. The molecule has 0 saturated heterocycles. The maximum atomic E-state index is 13.0. The third-order valence-corrected chi connectivity index (χ3v) is 14.9. The molecule has 0 aromatic heterocycles. The van der Waals surface area contributed by atoms with Gasteiger partial charge in [-0.3, -0.25) is 4.79 Å². The monoisotopic (exact) mass is 634 g/mol. The van der Waals surface area contributed by atoms with Gasteiger partial charge in [0.15, 0.2) is 0 Å². The summed E-state index contributed by atoms with van der Waals surface area (Å²) < 4.78 is 6.03. The summed E-state index contributed by atoms with van der Waals surface area (Å²) in [5, 5.41) is 44.0. The molecule has 0 amide bonds. The van der Waals surface area contributed by atoms with Crippen LogP contribution in [0.2, 0.25) is 0 Å². The molecular weight excluding hydrogens is 580 g/mol. The Morgan fingerprint density at radius 2 is 1.61 bits per heavy atom. The fourth-order valence-electron chi connectivity index (χ4n) is 12.1. The number of aromatic hydroxyl groups is 1. The number of allylic oxidation sites excluding steroid dienone is 1. The van der Waals surface area contributed by atoms with E-state index in [0.29, 0.717) is 25.7 Å². The molecule has 0 aliphatic heterocycles. The molecule has 4 fully saturated rings. The number of carbonyl (C=O) groups excluding carboxylic acids is 1. The zero-order chi connectivity index (χ0) is 33.7. The Hall–Kier alpha value is -2.64. The van der Waals surface area contributed by atoms with E-state index in [1.54, 1.807) is 30.3 Å². The van der Waals surface area contributed by atoms with Crippen molar-refractivity contribution in [3.63, 3.8) is 0 Å². The second-order valence-electron chi connectivity index (χ2n) is 17.2. The lowest BCUT2D eigenvalue weighted by atomic mass is 9.33. The zero-order valence-electron chi connectivity index (χ0n) is 28.7. The van der Waals surface area contributed by atoms with Gasteiger partial charge in [-0.1, -0.05) is 65.3 Å². The predicted molar refractivity (Wildman–Crippen MR) is 176 cm³/mol. The molecule has 5 aliphatic rings. The number of fused-ring (bicyclic) bond motifs is 7. The second kappa shape index (κ2) is 10.7. The molecule has 1 aromatic rings. The number of hydrogen-bond donors (Lipinski definition) is 4. The molecule has 6 rings (SSSR count). The first-order chi connectivity index (χ1) is 21.3. The predicted octanol–water partition coefficient (Wildman–Crippen LogP) is 7.15. The molecule has 252 valence electrons. The number of carboxylic acids is 1. The van der Waals surface area contributed by atoms with Crippen LogP contribution in [-0.2, 0) is 14.3 Å². The van der Waals surface area contributed by atoms with Crippen molar-refractivity contribution < 1.29 is 34.8 Å². The first kappa shape index (κ1) is 33.3. The van der Waals surface area contributed by atoms with E-state index < -0.39 is 46.5 Å². The number of ether oxygens (including phenoxy) is 1. The molecule has 4 saturated carbocycles. The standard InChI is InChI=1S/C39H54O7/c1-23-16-19-39(33(43)44)21-20-36(5)26(31(39)38(23,7)45)13-14-29-35(4)22-27(41)32(34(2,3)28(35)17-18-37(29,36)6)46-30(42)15-10-24-8-11-25(40)12-9-24/h8-13,15,23,27-29,31-32,40-41,45H,14,16-22H2,1-7H3,(H,43,44)/b15-10-/t23-,27-,28?,29-,31-,32+,35+,36-,37-,38-,39+/m1/s1. The number of hydrogen-bond acceptors (Lipinski definition) is 6. The van der Waals surface area contributed by atoms with Crippen LogP contribution >= 0.6 is 0 Å². The SMILES string of the molecule is C[C@@H]1CC[C@]2(C(=O)O)CC[C@]3(C)C(=CC[C@@H]4[C@@]5(C)C[C@@H](O)[C@H](OC(=O)/C=C\c6ccc(O)cc6)C(C)(C)C5CC[C@]43C)[C@@H]2[C@]1(C)O. The van der Waals surface area contributed by atoms with Gasteiger partial charge in [0.25, 0.3) is 0 Å². The highest BCUT2D eigenvalue weighted by molar-refractivity contribution is 5.87. The minimum Gasteiger partial charge on any atom is -0.508 e. The molecule has 4 N–H and O–H groups in total. The van der Waals surface area contributed by atoms with Crippen molar-refractivity contribution in [1.82, 2.24) is 0 Å². The molecule has 5 aliphatic carbocycles. The van der Waals surface area contributed by atoms with E-state index in [-0.39, 0.29) is 39.7 Å². The Labute approximate surface area is 274 Å². The summed E-state index contributed by atoms with van der Waals surface area (Å²) >= 11 is 0. The molecule has 7 heteroatoms. The molecule has 11 atom stereocenters. The number of aliphatic hydroxyl groups excluding tert-OH is 1. The summed E-state index contributed by atoms with van der Waals surface area (Å²) in [4.78, 5) is 26.0. The lowest BCUT2D eigenvalue weighted by Gasteiger charge is -2.72. The highest BCUT2D eigenvalue weighted by Crippen LogP contribution is 2.76. The van der Waals surface area contributed by atoms with Crippen molar-refractivity contribution in [3.05, 3.63) is 47.6 Å². The van der Waals surface area contributed by atoms with Gasteiger partial charge in [-0.15, -0.1) is 0 Å². The molecule has 0 bridgehead atoms. The van der Waals surface area contributed by atoms with Crippen LogP contribution in [0.25, 0.3) is 6.08 Å². The van der Waals surface area contributed by atoms with E-state index in [1.165, 1.54) is 6.08 Å². The minimum absolute atomic E-state index is 0.0110. The van der Waals surface area contributed by atoms with Crippen molar-refractivity contribution in [1.29, 1.82) is 0 Å². The van der Waals surface area contributed by atoms with Crippen LogP contribution in [0.15, 0.2) is 42.0 Å². The van der Waals surface area contributed by atoms with Crippen molar-refractivity contribution in [2.24, 2.45) is 50.7 Å². The van der Waals surface area contributed by atoms with Gasteiger partial charge in [0.05, 0.1) is 17.1 Å². The van der Waals surface area contributed by atoms with E-state index in [0.717, 1.165) is 36.8 Å². The Kier molecular flexibility index (Phi) is 7.73. The number of benzene rings is 1. The van der Waals surface area contributed by atoms with Crippen molar-refractivity contribution in [2.45, 2.75) is 118 Å². The number of carbonyl (C=O) groups is 2. The van der Waals surface area contributed by atoms with Crippen LogP contribution < -0.4 is 0 Å². The van der Waals surface area contributed by atoms with E-state index in [9.17, 15) is 30.0 Å². The highest BCUT2D eigenvalue weighted by atomic mass is 16.6. The van der Waals surface area contributed by atoms with Crippen LogP contribution in [0, 0.1) is 50.7 Å². The van der Waals surface area contributed by atoms with Gasteiger partial charge in [-0.2, -0.15) is 0 Å². The number of esters is 1. The Morgan fingerprint density at radius 3 is 2.26 bits per heavy atom. The smallest absolute Gasteiger partial charge is 0.331 e. The van der Waals surface area contributed by atoms with Gasteiger partial charge in [0, 0.05) is 17.4 Å².